The topological polar surface area (TPSA) is 77.2 Å². The number of pyridine rings is 1. The lowest BCUT2D eigenvalue weighted by Gasteiger charge is -2.26. The predicted molar refractivity (Wildman–Crippen MR) is 86.1 cm³/mol. The summed E-state index contributed by atoms with van der Waals surface area (Å²) in [6.45, 7) is 0.924. The van der Waals surface area contributed by atoms with Crippen molar-refractivity contribution in [3.05, 3.63) is 59.4 Å². The number of hydrogen-bond donors (Lipinski definition) is 2. The molecule has 1 atom stereocenters. The summed E-state index contributed by atoms with van der Waals surface area (Å²) in [5.74, 6) is 0.722. The number of benzene rings is 1. The van der Waals surface area contributed by atoms with E-state index in [0.29, 0.717) is 24.4 Å². The van der Waals surface area contributed by atoms with E-state index in [-0.39, 0.29) is 24.4 Å². The molecule has 0 fully saturated rings. The minimum atomic E-state index is -0.117. The van der Waals surface area contributed by atoms with Crippen molar-refractivity contribution in [3.8, 4) is 5.75 Å². The molecule has 1 aromatic heterocycles. The van der Waals surface area contributed by atoms with Crippen LogP contribution in [0.5, 0.6) is 5.75 Å². The molecule has 0 spiro atoms. The van der Waals surface area contributed by atoms with Gasteiger partial charge in [-0.05, 0) is 18.2 Å². The van der Waals surface area contributed by atoms with Crippen molar-refractivity contribution < 1.29 is 9.53 Å². The molecular formula is C16H18ClN3O2. The maximum atomic E-state index is 12.4. The average molecular weight is 320 g/mol. The number of rotatable bonds is 3. The summed E-state index contributed by atoms with van der Waals surface area (Å²) in [6.07, 6.45) is 2.37. The Kier molecular flexibility index (Phi) is 5.35. The number of amides is 1. The minimum absolute atomic E-state index is 0. The normalized spacial score (nSPS) is 16.0. The molecule has 1 aliphatic heterocycles. The lowest BCUT2D eigenvalue weighted by molar-refractivity contribution is 0.0924. The first-order valence-corrected chi connectivity index (χ1v) is 6.95. The van der Waals surface area contributed by atoms with Gasteiger partial charge in [0.15, 0.2) is 0 Å². The van der Waals surface area contributed by atoms with E-state index < -0.39 is 0 Å². The monoisotopic (exact) mass is 319 g/mol. The van der Waals surface area contributed by atoms with Crippen molar-refractivity contribution in [3.63, 3.8) is 0 Å². The zero-order valence-electron chi connectivity index (χ0n) is 12.0. The summed E-state index contributed by atoms with van der Waals surface area (Å²) in [6, 6.07) is 11.2. The van der Waals surface area contributed by atoms with Crippen LogP contribution < -0.4 is 15.8 Å². The smallest absolute Gasteiger partial charge is 0.251 e. The number of ether oxygens (including phenoxy) is 1. The van der Waals surface area contributed by atoms with E-state index >= 15 is 0 Å². The minimum Gasteiger partial charge on any atom is -0.493 e. The van der Waals surface area contributed by atoms with E-state index in [1.807, 2.05) is 24.3 Å². The number of fused-ring (bicyclic) bond motifs is 1. The molecule has 1 unspecified atom stereocenters. The summed E-state index contributed by atoms with van der Waals surface area (Å²) in [4.78, 5) is 16.5. The summed E-state index contributed by atoms with van der Waals surface area (Å²) in [5, 5.41) is 3.06. The van der Waals surface area contributed by atoms with Gasteiger partial charge in [-0.15, -0.1) is 12.4 Å². The van der Waals surface area contributed by atoms with E-state index in [9.17, 15) is 4.79 Å². The van der Waals surface area contributed by atoms with Crippen molar-refractivity contribution in [2.24, 2.45) is 5.73 Å². The molecule has 3 N–H and O–H groups in total. The van der Waals surface area contributed by atoms with Gasteiger partial charge in [0.1, 0.15) is 5.75 Å². The number of aromatic nitrogens is 1. The molecule has 22 heavy (non-hydrogen) atoms. The van der Waals surface area contributed by atoms with Crippen LogP contribution in [0.25, 0.3) is 0 Å². The number of para-hydroxylation sites is 1. The second-order valence-corrected chi connectivity index (χ2v) is 4.94. The maximum Gasteiger partial charge on any atom is 0.251 e. The van der Waals surface area contributed by atoms with Crippen LogP contribution in [0, 0.1) is 0 Å². The Labute approximate surface area is 135 Å². The maximum absolute atomic E-state index is 12.4. The van der Waals surface area contributed by atoms with E-state index in [1.165, 1.54) is 0 Å². The van der Waals surface area contributed by atoms with E-state index in [0.717, 1.165) is 17.7 Å². The molecule has 0 saturated heterocycles. The number of nitrogens with one attached hydrogen (secondary N) is 1. The number of hydrogen-bond acceptors (Lipinski definition) is 4. The van der Waals surface area contributed by atoms with Gasteiger partial charge >= 0.3 is 0 Å². The fourth-order valence-corrected chi connectivity index (χ4v) is 2.46. The summed E-state index contributed by atoms with van der Waals surface area (Å²) < 4.78 is 5.60. The second-order valence-electron chi connectivity index (χ2n) is 4.94. The number of nitrogens with two attached hydrogens (primary N) is 1. The highest BCUT2D eigenvalue weighted by atomic mass is 35.5. The van der Waals surface area contributed by atoms with E-state index in [1.54, 1.807) is 18.3 Å². The molecule has 0 radical (unpaired) electrons. The first kappa shape index (κ1) is 16.3. The molecule has 1 aliphatic rings. The van der Waals surface area contributed by atoms with Crippen LogP contribution in [0.1, 0.15) is 34.1 Å². The first-order valence-electron chi connectivity index (χ1n) is 6.95. The van der Waals surface area contributed by atoms with Crippen LogP contribution in [0.15, 0.2) is 42.6 Å². The van der Waals surface area contributed by atoms with Gasteiger partial charge in [0.25, 0.3) is 5.91 Å². The van der Waals surface area contributed by atoms with Gasteiger partial charge in [-0.3, -0.25) is 9.78 Å². The van der Waals surface area contributed by atoms with Crippen molar-refractivity contribution in [2.75, 3.05) is 6.61 Å². The zero-order valence-corrected chi connectivity index (χ0v) is 12.8. The highest BCUT2D eigenvalue weighted by molar-refractivity contribution is 5.94. The zero-order chi connectivity index (χ0) is 14.7. The summed E-state index contributed by atoms with van der Waals surface area (Å²) >= 11 is 0. The lowest BCUT2D eigenvalue weighted by atomic mass is 10.00. The molecule has 0 saturated carbocycles. The first-order chi connectivity index (χ1) is 10.3. The van der Waals surface area contributed by atoms with Crippen molar-refractivity contribution in [2.45, 2.75) is 19.0 Å². The average Bonchev–Trinajstić information content (AvgIpc) is 2.55. The molecule has 1 amide bonds. The van der Waals surface area contributed by atoms with Crippen molar-refractivity contribution >= 4 is 18.3 Å². The van der Waals surface area contributed by atoms with Gasteiger partial charge in [-0.25, -0.2) is 0 Å². The summed E-state index contributed by atoms with van der Waals surface area (Å²) in [7, 11) is 0. The fourth-order valence-electron chi connectivity index (χ4n) is 2.46. The second kappa shape index (κ2) is 7.24. The molecule has 2 heterocycles. The van der Waals surface area contributed by atoms with Gasteiger partial charge in [0.05, 0.1) is 18.3 Å². The summed E-state index contributed by atoms with van der Waals surface area (Å²) in [5.41, 5.74) is 7.86. The number of halogens is 1. The third kappa shape index (κ3) is 3.37. The van der Waals surface area contributed by atoms with Gasteiger partial charge in [-0.2, -0.15) is 0 Å². The van der Waals surface area contributed by atoms with Crippen LogP contribution in [0.2, 0.25) is 0 Å². The Hall–Kier alpha value is -2.11. The standard InChI is InChI=1S/C16H17N3O2.ClH/c17-10-12-9-11(5-7-18-12)16(20)19-14-6-8-21-15-4-2-1-3-13(14)15;/h1-5,7,9,14H,6,8,10,17H2,(H,19,20);1H. The quantitative estimate of drug-likeness (QED) is 0.909. The highest BCUT2D eigenvalue weighted by Gasteiger charge is 2.23. The lowest BCUT2D eigenvalue weighted by Crippen LogP contribution is -2.32. The molecule has 5 nitrogen and oxygen atoms in total. The van der Waals surface area contributed by atoms with E-state index in [4.69, 9.17) is 10.5 Å². The number of carbonyl (C=O) groups is 1. The number of carbonyl (C=O) groups excluding carboxylic acids is 1. The van der Waals surface area contributed by atoms with Crippen LogP contribution in [-0.4, -0.2) is 17.5 Å². The Balaban J connectivity index is 0.00000176. The molecule has 116 valence electrons. The van der Waals surface area contributed by atoms with E-state index in [2.05, 4.69) is 10.3 Å². The molecular weight excluding hydrogens is 302 g/mol. The van der Waals surface area contributed by atoms with Gasteiger partial charge in [-0.1, -0.05) is 18.2 Å². The van der Waals surface area contributed by atoms with Crippen LogP contribution in [-0.2, 0) is 6.54 Å². The van der Waals surface area contributed by atoms with Gasteiger partial charge in [0, 0.05) is 30.3 Å². The Morgan fingerprint density at radius 3 is 3.00 bits per heavy atom. The van der Waals surface area contributed by atoms with Gasteiger partial charge < -0.3 is 15.8 Å². The molecule has 3 rings (SSSR count). The highest BCUT2D eigenvalue weighted by Crippen LogP contribution is 2.31. The fraction of sp³-hybridized carbons (Fsp3) is 0.250. The van der Waals surface area contributed by atoms with Crippen LogP contribution in [0.4, 0.5) is 0 Å². The molecule has 2 aromatic rings. The van der Waals surface area contributed by atoms with Crippen molar-refractivity contribution in [1.29, 1.82) is 0 Å². The molecule has 6 heteroatoms. The van der Waals surface area contributed by atoms with Crippen LogP contribution >= 0.6 is 12.4 Å². The predicted octanol–water partition coefficient (Wildman–Crippen LogP) is 2.22. The number of nitrogens with zero attached hydrogens (tertiary/aromatic N) is 1. The Morgan fingerprint density at radius 1 is 1.36 bits per heavy atom. The van der Waals surface area contributed by atoms with Crippen molar-refractivity contribution in [1.82, 2.24) is 10.3 Å². The SMILES string of the molecule is Cl.NCc1cc(C(=O)NC2CCOc3ccccc32)ccn1. The largest absolute Gasteiger partial charge is 0.493 e. The third-order valence-electron chi connectivity index (χ3n) is 3.55. The molecule has 0 aliphatic carbocycles. The Morgan fingerprint density at radius 2 is 2.18 bits per heavy atom. The molecule has 1 aromatic carbocycles. The third-order valence-corrected chi connectivity index (χ3v) is 3.55. The molecule has 0 bridgehead atoms. The van der Waals surface area contributed by atoms with Gasteiger partial charge in [0.2, 0.25) is 0 Å². The Bertz CT molecular complexity index is 663. The van der Waals surface area contributed by atoms with Crippen LogP contribution in [0.3, 0.4) is 0 Å².